The molecule has 0 saturated heterocycles. The summed E-state index contributed by atoms with van der Waals surface area (Å²) in [4.78, 5) is 14.4. The van der Waals surface area contributed by atoms with Crippen LogP contribution in [0.4, 0.5) is 0 Å². The van der Waals surface area contributed by atoms with Crippen LogP contribution in [-0.4, -0.2) is 16.1 Å². The van der Waals surface area contributed by atoms with Gasteiger partial charge in [0.05, 0.1) is 0 Å². The van der Waals surface area contributed by atoms with Crippen LogP contribution >= 0.6 is 0 Å². The van der Waals surface area contributed by atoms with Crippen molar-refractivity contribution in [3.8, 4) is 11.8 Å². The maximum absolute atomic E-state index is 10.7. The lowest BCUT2D eigenvalue weighted by molar-refractivity contribution is 0.0690. The lowest BCUT2D eigenvalue weighted by Gasteiger charge is -2.19. The first-order chi connectivity index (χ1) is 8.86. The predicted octanol–water partition coefficient (Wildman–Crippen LogP) is 3.46. The number of nitrogens with zero attached hydrogens (tertiary/aromatic N) is 1. The van der Waals surface area contributed by atoms with Crippen LogP contribution in [0.5, 0.6) is 11.8 Å². The number of carboxylic acids is 1. The largest absolute Gasteiger partial charge is 0.476 e. The van der Waals surface area contributed by atoms with Crippen molar-refractivity contribution >= 4 is 5.97 Å². The third-order valence-corrected chi connectivity index (χ3v) is 2.61. The van der Waals surface area contributed by atoms with E-state index in [1.807, 2.05) is 18.2 Å². The van der Waals surface area contributed by atoms with E-state index in [0.29, 0.717) is 5.75 Å². The van der Waals surface area contributed by atoms with Crippen molar-refractivity contribution in [1.82, 2.24) is 4.98 Å². The van der Waals surface area contributed by atoms with Crippen LogP contribution < -0.4 is 4.74 Å². The van der Waals surface area contributed by atoms with Gasteiger partial charge in [-0.05, 0) is 23.1 Å². The summed E-state index contributed by atoms with van der Waals surface area (Å²) >= 11 is 0. The van der Waals surface area contributed by atoms with E-state index >= 15 is 0 Å². The fourth-order valence-electron chi connectivity index (χ4n) is 1.53. The number of oxazole rings is 1. The van der Waals surface area contributed by atoms with Gasteiger partial charge < -0.3 is 14.3 Å². The van der Waals surface area contributed by atoms with Crippen molar-refractivity contribution in [2.24, 2.45) is 0 Å². The lowest BCUT2D eigenvalue weighted by atomic mass is 9.87. The van der Waals surface area contributed by atoms with Crippen LogP contribution in [0.2, 0.25) is 0 Å². The highest BCUT2D eigenvalue weighted by atomic mass is 16.6. The molecule has 1 N–H and O–H groups in total. The first kappa shape index (κ1) is 13.1. The molecule has 19 heavy (non-hydrogen) atoms. The van der Waals surface area contributed by atoms with E-state index in [2.05, 4.69) is 25.8 Å². The zero-order chi connectivity index (χ0) is 14.0. The summed E-state index contributed by atoms with van der Waals surface area (Å²) in [7, 11) is 0. The van der Waals surface area contributed by atoms with Gasteiger partial charge in [0.25, 0.3) is 0 Å². The first-order valence-electron chi connectivity index (χ1n) is 5.83. The van der Waals surface area contributed by atoms with Gasteiger partial charge in [-0.2, -0.15) is 4.98 Å². The SMILES string of the molecule is CC(C)(C)c1cccc(Oc2nc(C(=O)O)co2)c1. The Morgan fingerprint density at radius 3 is 2.68 bits per heavy atom. The topological polar surface area (TPSA) is 72.6 Å². The monoisotopic (exact) mass is 261 g/mol. The molecule has 0 aliphatic carbocycles. The number of aromatic carboxylic acids is 1. The predicted molar refractivity (Wildman–Crippen MR) is 68.7 cm³/mol. The van der Waals surface area contributed by atoms with Crippen molar-refractivity contribution in [3.63, 3.8) is 0 Å². The van der Waals surface area contributed by atoms with E-state index in [-0.39, 0.29) is 17.2 Å². The molecule has 0 radical (unpaired) electrons. The number of benzene rings is 1. The zero-order valence-corrected chi connectivity index (χ0v) is 11.0. The summed E-state index contributed by atoms with van der Waals surface area (Å²) in [5.41, 5.74) is 0.930. The summed E-state index contributed by atoms with van der Waals surface area (Å²) < 4.78 is 10.3. The average molecular weight is 261 g/mol. The third kappa shape index (κ3) is 3.13. The molecular formula is C14H15NO4. The normalized spacial score (nSPS) is 11.3. The van der Waals surface area contributed by atoms with Gasteiger partial charge in [0.1, 0.15) is 12.0 Å². The van der Waals surface area contributed by atoms with Crippen molar-refractivity contribution < 1.29 is 19.1 Å². The Balaban J connectivity index is 2.21. The highest BCUT2D eigenvalue weighted by Gasteiger charge is 2.16. The van der Waals surface area contributed by atoms with E-state index in [1.165, 1.54) is 0 Å². The number of carboxylic acid groups (broad SMARTS) is 1. The molecule has 0 fully saturated rings. The Morgan fingerprint density at radius 2 is 2.11 bits per heavy atom. The summed E-state index contributed by atoms with van der Waals surface area (Å²) in [5.74, 6) is -0.590. The van der Waals surface area contributed by atoms with E-state index in [4.69, 9.17) is 14.3 Å². The van der Waals surface area contributed by atoms with Gasteiger partial charge in [-0.25, -0.2) is 4.79 Å². The molecule has 0 aliphatic rings. The fourth-order valence-corrected chi connectivity index (χ4v) is 1.53. The van der Waals surface area contributed by atoms with Crippen LogP contribution in [0.3, 0.4) is 0 Å². The molecular weight excluding hydrogens is 246 g/mol. The summed E-state index contributed by atoms with van der Waals surface area (Å²) in [5, 5.41) is 8.74. The van der Waals surface area contributed by atoms with Gasteiger partial charge in [0.15, 0.2) is 5.69 Å². The highest BCUT2D eigenvalue weighted by molar-refractivity contribution is 5.84. The Kier molecular flexibility index (Phi) is 3.29. The van der Waals surface area contributed by atoms with Gasteiger partial charge in [-0.15, -0.1) is 0 Å². The molecule has 0 aliphatic heterocycles. The fraction of sp³-hybridized carbons (Fsp3) is 0.286. The third-order valence-electron chi connectivity index (χ3n) is 2.61. The molecule has 0 bridgehead atoms. The molecule has 0 saturated carbocycles. The summed E-state index contributed by atoms with van der Waals surface area (Å²) in [6.45, 7) is 6.29. The number of rotatable bonds is 3. The van der Waals surface area contributed by atoms with E-state index in [0.717, 1.165) is 11.8 Å². The second-order valence-electron chi connectivity index (χ2n) is 5.18. The van der Waals surface area contributed by atoms with Crippen molar-refractivity contribution in [2.75, 3.05) is 0 Å². The minimum absolute atomic E-state index is 0.00217. The zero-order valence-electron chi connectivity index (χ0n) is 11.0. The standard InChI is InChI=1S/C14H15NO4/c1-14(2,3)9-5-4-6-10(7-9)19-13-15-11(8-18-13)12(16)17/h4-8H,1-3H3,(H,16,17). The maximum Gasteiger partial charge on any atom is 0.399 e. The molecule has 2 rings (SSSR count). The van der Waals surface area contributed by atoms with Crippen LogP contribution in [0.1, 0.15) is 36.8 Å². The number of hydrogen-bond donors (Lipinski definition) is 1. The van der Waals surface area contributed by atoms with Gasteiger partial charge >= 0.3 is 12.0 Å². The molecule has 2 aromatic rings. The molecule has 1 aromatic carbocycles. The molecule has 0 amide bonds. The summed E-state index contributed by atoms with van der Waals surface area (Å²) in [6.07, 6.45) is 0.967. The maximum atomic E-state index is 10.7. The highest BCUT2D eigenvalue weighted by Crippen LogP contribution is 2.28. The van der Waals surface area contributed by atoms with E-state index in [9.17, 15) is 4.79 Å². The van der Waals surface area contributed by atoms with Crippen molar-refractivity contribution in [3.05, 3.63) is 41.8 Å². The Bertz CT molecular complexity index is 595. The number of aromatic nitrogens is 1. The van der Waals surface area contributed by atoms with E-state index in [1.54, 1.807) is 6.07 Å². The first-order valence-corrected chi connectivity index (χ1v) is 5.83. The molecule has 1 heterocycles. The van der Waals surface area contributed by atoms with Crippen molar-refractivity contribution in [2.45, 2.75) is 26.2 Å². The molecule has 100 valence electrons. The quantitative estimate of drug-likeness (QED) is 0.915. The molecule has 1 aromatic heterocycles. The lowest BCUT2D eigenvalue weighted by Crippen LogP contribution is -2.10. The number of hydrogen-bond acceptors (Lipinski definition) is 4. The van der Waals surface area contributed by atoms with Crippen LogP contribution in [-0.2, 0) is 5.41 Å². The Morgan fingerprint density at radius 1 is 1.37 bits per heavy atom. The van der Waals surface area contributed by atoms with Gasteiger partial charge in [0.2, 0.25) is 0 Å². The molecule has 5 nitrogen and oxygen atoms in total. The minimum Gasteiger partial charge on any atom is -0.476 e. The molecule has 0 unspecified atom stereocenters. The van der Waals surface area contributed by atoms with Crippen molar-refractivity contribution in [1.29, 1.82) is 0 Å². The molecule has 0 spiro atoms. The van der Waals surface area contributed by atoms with Gasteiger partial charge in [-0.1, -0.05) is 32.9 Å². The average Bonchev–Trinajstić information content (AvgIpc) is 2.77. The molecule has 5 heteroatoms. The number of ether oxygens (including phenoxy) is 1. The van der Waals surface area contributed by atoms with Crippen LogP contribution in [0, 0.1) is 0 Å². The number of carbonyl (C=O) groups is 1. The smallest absolute Gasteiger partial charge is 0.399 e. The van der Waals surface area contributed by atoms with Gasteiger partial charge in [-0.3, -0.25) is 0 Å². The summed E-state index contributed by atoms with van der Waals surface area (Å²) in [6, 6.07) is 7.52. The van der Waals surface area contributed by atoms with E-state index < -0.39 is 5.97 Å². The second kappa shape index (κ2) is 4.76. The van der Waals surface area contributed by atoms with Crippen LogP contribution in [0.25, 0.3) is 0 Å². The van der Waals surface area contributed by atoms with Crippen LogP contribution in [0.15, 0.2) is 34.9 Å². The van der Waals surface area contributed by atoms with Gasteiger partial charge in [0, 0.05) is 0 Å². The minimum atomic E-state index is -1.15. The Hall–Kier alpha value is -2.30. The second-order valence-corrected chi connectivity index (χ2v) is 5.18. The molecule has 0 atom stereocenters. The Labute approximate surface area is 110 Å².